The fourth-order valence-corrected chi connectivity index (χ4v) is 3.57. The first-order valence-electron chi connectivity index (χ1n) is 8.98. The number of halogens is 1. The second-order valence-electron chi connectivity index (χ2n) is 6.85. The van der Waals surface area contributed by atoms with Crippen molar-refractivity contribution in [2.45, 2.75) is 38.1 Å². The molecule has 1 aromatic carbocycles. The van der Waals surface area contributed by atoms with E-state index in [0.29, 0.717) is 34.4 Å². The largest absolute Gasteiger partial charge is 0.394 e. The van der Waals surface area contributed by atoms with Crippen LogP contribution in [0.1, 0.15) is 27.2 Å². The van der Waals surface area contributed by atoms with E-state index in [1.54, 1.807) is 18.3 Å². The third-order valence-corrected chi connectivity index (χ3v) is 5.89. The molecule has 154 valence electrons. The predicted molar refractivity (Wildman–Crippen MR) is 114 cm³/mol. The third-order valence-electron chi connectivity index (χ3n) is 3.84. The monoisotopic (exact) mass is 471 g/mol. The van der Waals surface area contributed by atoms with E-state index in [9.17, 15) is 13.5 Å². The van der Waals surface area contributed by atoms with Gasteiger partial charge in [-0.25, -0.2) is 18.1 Å². The van der Waals surface area contributed by atoms with Crippen LogP contribution in [0.25, 0.3) is 0 Å². The molecule has 4 N–H and O–H groups in total. The number of hydrogen-bond donors (Lipinski definition) is 4. The van der Waals surface area contributed by atoms with Crippen molar-refractivity contribution in [2.24, 2.45) is 5.92 Å². The highest BCUT2D eigenvalue weighted by Crippen LogP contribution is 2.23. The van der Waals surface area contributed by atoms with E-state index < -0.39 is 10.0 Å². The van der Waals surface area contributed by atoms with Gasteiger partial charge in [0.05, 0.1) is 16.0 Å². The number of sulfonamides is 1. The van der Waals surface area contributed by atoms with Crippen molar-refractivity contribution >= 4 is 43.4 Å². The van der Waals surface area contributed by atoms with Crippen molar-refractivity contribution in [3.8, 4) is 0 Å². The molecule has 0 aliphatic heterocycles. The molecule has 0 bridgehead atoms. The van der Waals surface area contributed by atoms with Gasteiger partial charge in [-0.3, -0.25) is 0 Å². The first-order valence-corrected chi connectivity index (χ1v) is 11.3. The minimum absolute atomic E-state index is 0.0274. The number of anilines is 3. The summed E-state index contributed by atoms with van der Waals surface area (Å²) in [5.74, 6) is 1.33. The van der Waals surface area contributed by atoms with Crippen LogP contribution in [0.15, 0.2) is 39.8 Å². The molecule has 2 aromatic rings. The van der Waals surface area contributed by atoms with Crippen LogP contribution in [-0.2, 0) is 10.0 Å². The minimum Gasteiger partial charge on any atom is -0.394 e. The van der Waals surface area contributed by atoms with Crippen molar-refractivity contribution in [3.63, 3.8) is 0 Å². The molecular formula is C18H26BrN5O3S. The van der Waals surface area contributed by atoms with Gasteiger partial charge in [-0.2, -0.15) is 4.98 Å². The minimum atomic E-state index is -3.52. The van der Waals surface area contributed by atoms with Gasteiger partial charge in [0.15, 0.2) is 0 Å². The molecule has 2 rings (SSSR count). The number of nitrogens with zero attached hydrogens (tertiary/aromatic N) is 2. The maximum Gasteiger partial charge on any atom is 0.240 e. The Labute approximate surface area is 174 Å². The van der Waals surface area contributed by atoms with E-state index in [4.69, 9.17) is 0 Å². The zero-order chi connectivity index (χ0) is 20.7. The molecule has 8 nitrogen and oxygen atoms in total. The lowest BCUT2D eigenvalue weighted by Crippen LogP contribution is -2.25. The summed E-state index contributed by atoms with van der Waals surface area (Å²) in [5, 5.41) is 15.3. The topological polar surface area (TPSA) is 116 Å². The molecule has 10 heteroatoms. The lowest BCUT2D eigenvalue weighted by Gasteiger charge is -2.14. The number of nitrogens with one attached hydrogen (secondary N) is 3. The van der Waals surface area contributed by atoms with E-state index in [2.05, 4.69) is 41.3 Å². The highest BCUT2D eigenvalue weighted by atomic mass is 79.9. The summed E-state index contributed by atoms with van der Waals surface area (Å²) >= 11 is 3.36. The number of aliphatic hydroxyl groups is 1. The van der Waals surface area contributed by atoms with E-state index in [1.165, 1.54) is 12.1 Å². The maximum absolute atomic E-state index is 12.3. The van der Waals surface area contributed by atoms with Gasteiger partial charge in [0.2, 0.25) is 16.0 Å². The second kappa shape index (κ2) is 10.1. The van der Waals surface area contributed by atoms with Crippen LogP contribution in [0.5, 0.6) is 0 Å². The summed E-state index contributed by atoms with van der Waals surface area (Å²) in [6, 6.07) is 6.22. The second-order valence-corrected chi connectivity index (χ2v) is 9.47. The lowest BCUT2D eigenvalue weighted by molar-refractivity contribution is 0.281. The Morgan fingerprint density at radius 2 is 1.86 bits per heavy atom. The van der Waals surface area contributed by atoms with Crippen LogP contribution < -0.4 is 15.4 Å². The van der Waals surface area contributed by atoms with Crippen LogP contribution in [-0.4, -0.2) is 42.7 Å². The fourth-order valence-electron chi connectivity index (χ4n) is 2.22. The van der Waals surface area contributed by atoms with E-state index >= 15 is 0 Å². The van der Waals surface area contributed by atoms with Gasteiger partial charge in [-0.05, 0) is 59.5 Å². The van der Waals surface area contributed by atoms with Gasteiger partial charge in [0.25, 0.3) is 0 Å². The smallest absolute Gasteiger partial charge is 0.240 e. The normalized spacial score (nSPS) is 12.8. The Morgan fingerprint density at radius 1 is 1.18 bits per heavy atom. The van der Waals surface area contributed by atoms with Crippen LogP contribution >= 0.6 is 15.9 Å². The molecule has 0 radical (unpaired) electrons. The molecule has 1 aromatic heterocycles. The van der Waals surface area contributed by atoms with Crippen LogP contribution in [0.2, 0.25) is 0 Å². The van der Waals surface area contributed by atoms with Gasteiger partial charge in [-0.15, -0.1) is 0 Å². The number of aromatic nitrogens is 2. The molecule has 0 amide bonds. The molecule has 0 aliphatic carbocycles. The summed E-state index contributed by atoms with van der Waals surface area (Å²) < 4.78 is 27.9. The molecule has 1 atom stereocenters. The predicted octanol–water partition coefficient (Wildman–Crippen LogP) is 3.10. The van der Waals surface area contributed by atoms with Crippen LogP contribution in [0.4, 0.5) is 17.5 Å². The van der Waals surface area contributed by atoms with Crippen molar-refractivity contribution in [3.05, 3.63) is 34.9 Å². The van der Waals surface area contributed by atoms with Crippen molar-refractivity contribution in [1.29, 1.82) is 0 Å². The molecule has 0 aliphatic rings. The SMILES string of the molecule is CC(C)CCNS(=O)(=O)c1ccc(Nc2ncc(Br)c(N[C@H](C)CO)n2)cc1. The molecule has 0 saturated heterocycles. The van der Waals surface area contributed by atoms with E-state index in [-0.39, 0.29) is 17.5 Å². The maximum atomic E-state index is 12.3. The molecule has 0 unspecified atom stereocenters. The zero-order valence-corrected chi connectivity index (χ0v) is 18.5. The summed E-state index contributed by atoms with van der Waals surface area (Å²) in [4.78, 5) is 8.76. The number of rotatable bonds is 10. The number of hydrogen-bond acceptors (Lipinski definition) is 7. The van der Waals surface area contributed by atoms with E-state index in [1.807, 2.05) is 20.8 Å². The molecule has 28 heavy (non-hydrogen) atoms. The summed E-state index contributed by atoms with van der Waals surface area (Å²) in [6.07, 6.45) is 2.38. The first kappa shape index (κ1) is 22.5. The van der Waals surface area contributed by atoms with Crippen molar-refractivity contribution < 1.29 is 13.5 Å². The first-order chi connectivity index (χ1) is 13.2. The van der Waals surface area contributed by atoms with Crippen LogP contribution in [0.3, 0.4) is 0 Å². The van der Waals surface area contributed by atoms with Gasteiger partial charge in [-0.1, -0.05) is 13.8 Å². The van der Waals surface area contributed by atoms with Crippen LogP contribution in [0, 0.1) is 5.92 Å². The Morgan fingerprint density at radius 3 is 2.46 bits per heavy atom. The average Bonchev–Trinajstić information content (AvgIpc) is 2.64. The molecule has 1 heterocycles. The number of aliphatic hydroxyl groups excluding tert-OH is 1. The summed E-state index contributed by atoms with van der Waals surface area (Å²) in [5.41, 5.74) is 0.657. The Balaban J connectivity index is 2.07. The third kappa shape index (κ3) is 6.69. The molecule has 0 saturated carbocycles. The van der Waals surface area contributed by atoms with Crippen molar-refractivity contribution in [1.82, 2.24) is 14.7 Å². The lowest BCUT2D eigenvalue weighted by atomic mass is 10.1. The molecule has 0 spiro atoms. The van der Waals surface area contributed by atoms with Gasteiger partial charge < -0.3 is 15.7 Å². The van der Waals surface area contributed by atoms with Gasteiger partial charge in [0.1, 0.15) is 5.82 Å². The Hall–Kier alpha value is -1.75. The van der Waals surface area contributed by atoms with E-state index in [0.717, 1.165) is 6.42 Å². The average molecular weight is 472 g/mol. The Bertz CT molecular complexity index is 875. The zero-order valence-electron chi connectivity index (χ0n) is 16.1. The van der Waals surface area contributed by atoms with Gasteiger partial charge >= 0.3 is 0 Å². The molecular weight excluding hydrogens is 446 g/mol. The standard InChI is InChI=1S/C18H26BrN5O3S/c1-12(2)8-9-21-28(26,27)15-6-4-14(5-7-15)23-18-20-10-16(19)17(24-18)22-13(3)11-25/h4-7,10,12-13,21,25H,8-9,11H2,1-3H3,(H2,20,22,23,24)/t13-/m1/s1. The highest BCUT2D eigenvalue weighted by Gasteiger charge is 2.14. The molecule has 0 fully saturated rings. The van der Waals surface area contributed by atoms with Crippen molar-refractivity contribution in [2.75, 3.05) is 23.8 Å². The quantitative estimate of drug-likeness (QED) is 0.420. The van der Waals surface area contributed by atoms with Gasteiger partial charge in [0, 0.05) is 24.5 Å². The summed E-state index contributed by atoms with van der Waals surface area (Å²) in [6.45, 7) is 6.31. The highest BCUT2D eigenvalue weighted by molar-refractivity contribution is 9.10. The Kier molecular flexibility index (Phi) is 8.17. The number of benzene rings is 1. The summed E-state index contributed by atoms with van der Waals surface area (Å²) in [7, 11) is -3.52. The fraction of sp³-hybridized carbons (Fsp3) is 0.444.